The summed E-state index contributed by atoms with van der Waals surface area (Å²) in [5.41, 5.74) is -0.211. The maximum atomic E-state index is 11.4. The van der Waals surface area contributed by atoms with Gasteiger partial charge in [-0.25, -0.2) is 0 Å². The highest BCUT2D eigenvalue weighted by Gasteiger charge is 2.27. The molecule has 0 aromatic carbocycles. The summed E-state index contributed by atoms with van der Waals surface area (Å²) < 4.78 is 0. The maximum Gasteiger partial charge on any atom is 0.136 e. The third-order valence-electron chi connectivity index (χ3n) is 3.16. The Kier molecular flexibility index (Phi) is 5.35. The molecule has 0 spiro atoms. The van der Waals surface area contributed by atoms with Crippen LogP contribution in [0.25, 0.3) is 0 Å². The van der Waals surface area contributed by atoms with Gasteiger partial charge in [-0.3, -0.25) is 4.79 Å². The van der Waals surface area contributed by atoms with Crippen molar-refractivity contribution in [3.8, 4) is 0 Å². The van der Waals surface area contributed by atoms with Gasteiger partial charge < -0.3 is 4.90 Å². The first-order valence-electron chi connectivity index (χ1n) is 5.56. The first-order chi connectivity index (χ1) is 6.35. The predicted octanol–water partition coefficient (Wildman–Crippen LogP) is 2.72. The number of hydrogen-bond donors (Lipinski definition) is 0. The molecule has 0 saturated carbocycles. The lowest BCUT2D eigenvalue weighted by Crippen LogP contribution is -2.41. The van der Waals surface area contributed by atoms with Gasteiger partial charge in [0.15, 0.2) is 0 Å². The van der Waals surface area contributed by atoms with Crippen LogP contribution in [0.15, 0.2) is 0 Å². The summed E-state index contributed by atoms with van der Waals surface area (Å²) in [7, 11) is 2.11. The van der Waals surface area contributed by atoms with Crippen molar-refractivity contribution < 1.29 is 4.79 Å². The Morgan fingerprint density at radius 1 is 1.29 bits per heavy atom. The number of Topliss-reactive ketones (excluding diaryl/α,β-unsaturated/α-hetero) is 1. The summed E-state index contributed by atoms with van der Waals surface area (Å²) >= 11 is 0. The summed E-state index contributed by atoms with van der Waals surface area (Å²) in [6.45, 7) is 11.0. The van der Waals surface area contributed by atoms with E-state index in [2.05, 4.69) is 25.8 Å². The van der Waals surface area contributed by atoms with Gasteiger partial charge in [-0.05, 0) is 26.8 Å². The van der Waals surface area contributed by atoms with Crippen molar-refractivity contribution in [2.75, 3.05) is 13.6 Å². The molecule has 0 aliphatic heterocycles. The molecule has 0 atom stereocenters. The van der Waals surface area contributed by atoms with Crippen molar-refractivity contribution in [3.63, 3.8) is 0 Å². The van der Waals surface area contributed by atoms with Crippen LogP contribution in [0.5, 0.6) is 0 Å². The number of ketones is 1. The quantitative estimate of drug-likeness (QED) is 0.655. The highest BCUT2D eigenvalue weighted by Crippen LogP contribution is 2.20. The van der Waals surface area contributed by atoms with Crippen LogP contribution in [-0.4, -0.2) is 30.3 Å². The van der Waals surface area contributed by atoms with Gasteiger partial charge >= 0.3 is 0 Å². The second-order valence-corrected chi connectivity index (χ2v) is 4.83. The molecule has 0 aliphatic carbocycles. The van der Waals surface area contributed by atoms with E-state index in [4.69, 9.17) is 0 Å². The Labute approximate surface area is 88.7 Å². The standard InChI is InChI=1S/C12H25NO/c1-7-11(8-2)13(6)9-12(4,5)10(3)14/h11H,7-9H2,1-6H3. The SMILES string of the molecule is CCC(CC)N(C)CC(C)(C)C(C)=O. The zero-order chi connectivity index (χ0) is 11.4. The molecule has 0 N–H and O–H groups in total. The molecule has 0 fully saturated rings. The zero-order valence-corrected chi connectivity index (χ0v) is 10.6. The van der Waals surface area contributed by atoms with Crippen molar-refractivity contribution >= 4 is 5.78 Å². The molecule has 0 heterocycles. The van der Waals surface area contributed by atoms with E-state index >= 15 is 0 Å². The van der Waals surface area contributed by atoms with E-state index in [1.165, 1.54) is 0 Å². The average molecular weight is 199 g/mol. The lowest BCUT2D eigenvalue weighted by atomic mass is 9.88. The average Bonchev–Trinajstić information content (AvgIpc) is 2.05. The number of hydrogen-bond acceptors (Lipinski definition) is 2. The second kappa shape index (κ2) is 5.50. The monoisotopic (exact) mass is 199 g/mol. The Morgan fingerprint density at radius 2 is 1.71 bits per heavy atom. The molecule has 2 nitrogen and oxygen atoms in total. The Hall–Kier alpha value is -0.370. The largest absolute Gasteiger partial charge is 0.302 e. The third kappa shape index (κ3) is 3.79. The molecule has 0 aromatic rings. The van der Waals surface area contributed by atoms with E-state index in [9.17, 15) is 4.79 Å². The van der Waals surface area contributed by atoms with Gasteiger partial charge in [0.1, 0.15) is 5.78 Å². The second-order valence-electron chi connectivity index (χ2n) is 4.83. The minimum atomic E-state index is -0.211. The highest BCUT2D eigenvalue weighted by molar-refractivity contribution is 5.81. The van der Waals surface area contributed by atoms with Crippen LogP contribution in [0.1, 0.15) is 47.5 Å². The van der Waals surface area contributed by atoms with Crippen LogP contribution in [0.4, 0.5) is 0 Å². The molecule has 0 rings (SSSR count). The van der Waals surface area contributed by atoms with Gasteiger partial charge in [-0.15, -0.1) is 0 Å². The van der Waals surface area contributed by atoms with Crippen LogP contribution in [0.3, 0.4) is 0 Å². The maximum absolute atomic E-state index is 11.4. The first-order valence-corrected chi connectivity index (χ1v) is 5.56. The van der Waals surface area contributed by atoms with Crippen molar-refractivity contribution in [2.45, 2.75) is 53.5 Å². The minimum Gasteiger partial charge on any atom is -0.302 e. The molecule has 0 aromatic heterocycles. The number of carbonyl (C=O) groups excluding carboxylic acids is 1. The molecule has 14 heavy (non-hydrogen) atoms. The van der Waals surface area contributed by atoms with Gasteiger partial charge in [-0.2, -0.15) is 0 Å². The number of rotatable bonds is 6. The van der Waals surface area contributed by atoms with E-state index in [1.54, 1.807) is 6.92 Å². The van der Waals surface area contributed by atoms with Gasteiger partial charge in [0.2, 0.25) is 0 Å². The van der Waals surface area contributed by atoms with Crippen molar-refractivity contribution in [1.29, 1.82) is 0 Å². The van der Waals surface area contributed by atoms with Gasteiger partial charge in [0.05, 0.1) is 0 Å². The van der Waals surface area contributed by atoms with Crippen LogP contribution < -0.4 is 0 Å². The molecule has 0 bridgehead atoms. The topological polar surface area (TPSA) is 20.3 Å². The Bertz CT molecular complexity index is 183. The van der Waals surface area contributed by atoms with Crippen LogP contribution in [-0.2, 0) is 4.79 Å². The van der Waals surface area contributed by atoms with Crippen molar-refractivity contribution in [2.24, 2.45) is 5.41 Å². The van der Waals surface area contributed by atoms with Gasteiger partial charge in [0.25, 0.3) is 0 Å². The van der Waals surface area contributed by atoms with E-state index < -0.39 is 0 Å². The fraction of sp³-hybridized carbons (Fsp3) is 0.917. The number of nitrogens with zero attached hydrogens (tertiary/aromatic N) is 1. The minimum absolute atomic E-state index is 0.211. The third-order valence-corrected chi connectivity index (χ3v) is 3.16. The molecule has 0 amide bonds. The molecule has 2 heteroatoms. The lowest BCUT2D eigenvalue weighted by Gasteiger charge is -2.33. The summed E-state index contributed by atoms with van der Waals surface area (Å²) in [5, 5.41) is 0. The molecule has 0 unspecified atom stereocenters. The van der Waals surface area contributed by atoms with E-state index in [1.807, 2.05) is 13.8 Å². The summed E-state index contributed by atoms with van der Waals surface area (Å²) in [4.78, 5) is 13.7. The summed E-state index contributed by atoms with van der Waals surface area (Å²) in [6.07, 6.45) is 2.31. The normalized spacial score (nSPS) is 12.6. The molecular weight excluding hydrogens is 174 g/mol. The van der Waals surface area contributed by atoms with Gasteiger partial charge in [0, 0.05) is 18.0 Å². The molecule has 0 aliphatic rings. The molecular formula is C12H25NO. The summed E-state index contributed by atoms with van der Waals surface area (Å²) in [5.74, 6) is 0.273. The molecule has 0 saturated heterocycles. The van der Waals surface area contributed by atoms with E-state index in [0.29, 0.717) is 6.04 Å². The fourth-order valence-electron chi connectivity index (χ4n) is 1.78. The van der Waals surface area contributed by atoms with Crippen molar-refractivity contribution in [3.05, 3.63) is 0 Å². The smallest absolute Gasteiger partial charge is 0.136 e. The Morgan fingerprint density at radius 3 is 2.00 bits per heavy atom. The van der Waals surface area contributed by atoms with E-state index in [-0.39, 0.29) is 11.2 Å². The lowest BCUT2D eigenvalue weighted by molar-refractivity contribution is -0.126. The molecule has 84 valence electrons. The van der Waals surface area contributed by atoms with Crippen molar-refractivity contribution in [1.82, 2.24) is 4.90 Å². The van der Waals surface area contributed by atoms with Crippen LogP contribution in [0.2, 0.25) is 0 Å². The summed E-state index contributed by atoms with van der Waals surface area (Å²) in [6, 6.07) is 0.605. The first kappa shape index (κ1) is 13.6. The highest BCUT2D eigenvalue weighted by atomic mass is 16.1. The van der Waals surface area contributed by atoms with Crippen LogP contribution in [0, 0.1) is 5.41 Å². The van der Waals surface area contributed by atoms with Gasteiger partial charge in [-0.1, -0.05) is 27.7 Å². The fourth-order valence-corrected chi connectivity index (χ4v) is 1.78. The van der Waals surface area contributed by atoms with E-state index in [0.717, 1.165) is 19.4 Å². The predicted molar refractivity (Wildman–Crippen MR) is 61.5 cm³/mol. The number of carbonyl (C=O) groups is 1. The molecule has 0 radical (unpaired) electrons. The Balaban J connectivity index is 4.29. The van der Waals surface area contributed by atoms with Crippen LogP contribution >= 0.6 is 0 Å². The zero-order valence-electron chi connectivity index (χ0n) is 10.6.